The predicted octanol–water partition coefficient (Wildman–Crippen LogP) is 5.92. The molecule has 1 N–H and O–H groups in total. The largest absolute Gasteiger partial charge is 0.478 e. The van der Waals surface area contributed by atoms with E-state index in [2.05, 4.69) is 16.9 Å². The second-order valence-electron chi connectivity index (χ2n) is 6.85. The average Bonchev–Trinajstić information content (AvgIpc) is 2.67. The lowest BCUT2D eigenvalue weighted by Gasteiger charge is -2.04. The van der Waals surface area contributed by atoms with Gasteiger partial charge in [-0.3, -0.25) is 9.97 Å². The van der Waals surface area contributed by atoms with Crippen molar-refractivity contribution < 1.29 is 9.90 Å². The average molecular weight is 354 g/mol. The van der Waals surface area contributed by atoms with E-state index in [0.29, 0.717) is 0 Å². The molecule has 0 aliphatic carbocycles. The summed E-state index contributed by atoms with van der Waals surface area (Å²) in [7, 11) is 0. The zero-order valence-electron chi connectivity index (χ0n) is 15.8. The van der Waals surface area contributed by atoms with Gasteiger partial charge in [0, 0.05) is 11.8 Å². The van der Waals surface area contributed by atoms with E-state index in [1.54, 1.807) is 30.5 Å². The summed E-state index contributed by atoms with van der Waals surface area (Å²) < 4.78 is 0. The molecule has 1 aromatic carbocycles. The number of rotatable bonds is 12. The highest BCUT2D eigenvalue weighted by atomic mass is 16.4. The molecule has 0 fully saturated rings. The predicted molar refractivity (Wildman–Crippen MR) is 105 cm³/mol. The maximum absolute atomic E-state index is 10.9. The first-order valence-corrected chi connectivity index (χ1v) is 9.85. The molecule has 0 atom stereocenters. The van der Waals surface area contributed by atoms with Gasteiger partial charge in [-0.2, -0.15) is 0 Å². The topological polar surface area (TPSA) is 63.1 Å². The summed E-state index contributed by atoms with van der Waals surface area (Å²) in [5.41, 5.74) is 2.97. The Hall–Kier alpha value is -2.23. The van der Waals surface area contributed by atoms with Gasteiger partial charge < -0.3 is 5.11 Å². The number of aromatic nitrogens is 2. The maximum atomic E-state index is 10.9. The Bertz CT molecular complexity index is 651. The molecule has 2 aromatic rings. The molecule has 0 aliphatic heterocycles. The van der Waals surface area contributed by atoms with Crippen molar-refractivity contribution in [1.82, 2.24) is 9.97 Å². The van der Waals surface area contributed by atoms with Crippen molar-refractivity contribution >= 4 is 5.97 Å². The van der Waals surface area contributed by atoms with Gasteiger partial charge in [-0.25, -0.2) is 4.79 Å². The normalized spacial score (nSPS) is 10.8. The molecule has 26 heavy (non-hydrogen) atoms. The van der Waals surface area contributed by atoms with Crippen LogP contribution in [-0.2, 0) is 6.42 Å². The zero-order valence-corrected chi connectivity index (χ0v) is 15.8. The van der Waals surface area contributed by atoms with Gasteiger partial charge in [-0.1, -0.05) is 70.4 Å². The number of hydrogen-bond acceptors (Lipinski definition) is 3. The van der Waals surface area contributed by atoms with Gasteiger partial charge in [-0.15, -0.1) is 0 Å². The van der Waals surface area contributed by atoms with Crippen molar-refractivity contribution in [2.75, 3.05) is 0 Å². The van der Waals surface area contributed by atoms with Gasteiger partial charge in [-0.05, 0) is 25.0 Å². The van der Waals surface area contributed by atoms with Crippen LogP contribution in [0.15, 0.2) is 36.7 Å². The molecule has 0 saturated heterocycles. The summed E-state index contributed by atoms with van der Waals surface area (Å²) >= 11 is 0. The Morgan fingerprint density at radius 2 is 1.46 bits per heavy atom. The van der Waals surface area contributed by atoms with E-state index in [-0.39, 0.29) is 5.56 Å². The van der Waals surface area contributed by atoms with Crippen LogP contribution in [0.5, 0.6) is 0 Å². The number of benzene rings is 1. The maximum Gasteiger partial charge on any atom is 0.335 e. The van der Waals surface area contributed by atoms with Crippen LogP contribution in [0, 0.1) is 0 Å². The van der Waals surface area contributed by atoms with E-state index in [1.165, 1.54) is 51.4 Å². The highest BCUT2D eigenvalue weighted by Crippen LogP contribution is 2.17. The van der Waals surface area contributed by atoms with Gasteiger partial charge in [0.2, 0.25) is 0 Å². The fourth-order valence-corrected chi connectivity index (χ4v) is 3.03. The number of nitrogens with zero attached hydrogens (tertiary/aromatic N) is 2. The minimum atomic E-state index is -0.918. The molecule has 0 aliphatic rings. The van der Waals surface area contributed by atoms with E-state index in [0.717, 1.165) is 29.8 Å². The van der Waals surface area contributed by atoms with Crippen LogP contribution in [-0.4, -0.2) is 21.0 Å². The Kier molecular flexibility index (Phi) is 8.81. The molecule has 0 radical (unpaired) electrons. The minimum absolute atomic E-state index is 0.281. The minimum Gasteiger partial charge on any atom is -0.478 e. The van der Waals surface area contributed by atoms with Crippen molar-refractivity contribution in [1.29, 1.82) is 0 Å². The number of carboxylic acid groups (broad SMARTS) is 1. The molecule has 0 spiro atoms. The highest BCUT2D eigenvalue weighted by Gasteiger charge is 2.05. The first-order valence-electron chi connectivity index (χ1n) is 9.85. The lowest BCUT2D eigenvalue weighted by atomic mass is 10.1. The lowest BCUT2D eigenvalue weighted by molar-refractivity contribution is 0.0697. The van der Waals surface area contributed by atoms with Gasteiger partial charge in [0.05, 0.1) is 23.1 Å². The summed E-state index contributed by atoms with van der Waals surface area (Å²) in [6, 6.07) is 6.73. The van der Waals surface area contributed by atoms with Crippen molar-refractivity contribution in [3.8, 4) is 11.3 Å². The Balaban J connectivity index is 1.68. The smallest absolute Gasteiger partial charge is 0.335 e. The molecule has 0 saturated carbocycles. The first kappa shape index (κ1) is 20.1. The number of hydrogen-bond donors (Lipinski definition) is 1. The van der Waals surface area contributed by atoms with Gasteiger partial charge in [0.15, 0.2) is 0 Å². The zero-order chi connectivity index (χ0) is 18.6. The Morgan fingerprint density at radius 3 is 2.00 bits per heavy atom. The molecule has 4 nitrogen and oxygen atoms in total. The van der Waals surface area contributed by atoms with E-state index >= 15 is 0 Å². The van der Waals surface area contributed by atoms with E-state index < -0.39 is 5.97 Å². The van der Waals surface area contributed by atoms with Crippen LogP contribution >= 0.6 is 0 Å². The van der Waals surface area contributed by atoms with E-state index in [9.17, 15) is 4.79 Å². The number of carboxylic acids is 1. The summed E-state index contributed by atoms with van der Waals surface area (Å²) in [6.07, 6.45) is 16.5. The molecular formula is C22H30N2O2. The number of unbranched alkanes of at least 4 members (excludes halogenated alkanes) is 8. The van der Waals surface area contributed by atoms with E-state index in [1.807, 2.05) is 6.20 Å². The van der Waals surface area contributed by atoms with Crippen molar-refractivity contribution in [3.05, 3.63) is 47.9 Å². The fourth-order valence-electron chi connectivity index (χ4n) is 3.03. The summed E-state index contributed by atoms with van der Waals surface area (Å²) in [5, 5.41) is 8.94. The number of carbonyl (C=O) groups is 1. The van der Waals surface area contributed by atoms with Crippen molar-refractivity contribution in [2.45, 2.75) is 71.1 Å². The molecular weight excluding hydrogens is 324 g/mol. The molecule has 0 bridgehead atoms. The Labute approximate surface area is 156 Å². The van der Waals surface area contributed by atoms with Gasteiger partial charge in [0.25, 0.3) is 0 Å². The lowest BCUT2D eigenvalue weighted by Crippen LogP contribution is -1.96. The standard InChI is InChI=1S/C22H30N2O2/c1-2-3-4-5-6-7-8-9-10-11-20-16-24-21(17-23-20)18-12-14-19(15-13-18)22(25)26/h12-17H,2-11H2,1H3,(H,25,26). The third kappa shape index (κ3) is 6.95. The molecule has 0 amide bonds. The van der Waals surface area contributed by atoms with Crippen LogP contribution in [0.2, 0.25) is 0 Å². The van der Waals surface area contributed by atoms with Crippen LogP contribution in [0.3, 0.4) is 0 Å². The summed E-state index contributed by atoms with van der Waals surface area (Å²) in [5.74, 6) is -0.918. The van der Waals surface area contributed by atoms with Gasteiger partial charge >= 0.3 is 5.97 Å². The van der Waals surface area contributed by atoms with Crippen LogP contribution in [0.1, 0.15) is 80.8 Å². The molecule has 140 valence electrons. The SMILES string of the molecule is CCCCCCCCCCCc1cnc(-c2ccc(C(=O)O)cc2)cn1. The Morgan fingerprint density at radius 1 is 0.846 bits per heavy atom. The number of aromatic carboxylic acids is 1. The van der Waals surface area contributed by atoms with Crippen LogP contribution < -0.4 is 0 Å². The first-order chi connectivity index (χ1) is 12.7. The highest BCUT2D eigenvalue weighted by molar-refractivity contribution is 5.88. The fraction of sp³-hybridized carbons (Fsp3) is 0.500. The van der Waals surface area contributed by atoms with E-state index in [4.69, 9.17) is 5.11 Å². The van der Waals surface area contributed by atoms with Crippen LogP contribution in [0.25, 0.3) is 11.3 Å². The molecule has 1 aromatic heterocycles. The number of aryl methyl sites for hydroxylation is 1. The third-order valence-electron chi connectivity index (χ3n) is 4.67. The molecule has 4 heteroatoms. The van der Waals surface area contributed by atoms with Crippen molar-refractivity contribution in [2.24, 2.45) is 0 Å². The molecule has 0 unspecified atom stereocenters. The molecule has 1 heterocycles. The summed E-state index contributed by atoms with van der Waals surface area (Å²) in [6.45, 7) is 2.25. The third-order valence-corrected chi connectivity index (χ3v) is 4.67. The quantitative estimate of drug-likeness (QED) is 0.481. The second kappa shape index (κ2) is 11.4. The van der Waals surface area contributed by atoms with Gasteiger partial charge in [0.1, 0.15) is 0 Å². The monoisotopic (exact) mass is 354 g/mol. The second-order valence-corrected chi connectivity index (χ2v) is 6.85. The summed E-state index contributed by atoms with van der Waals surface area (Å²) in [4.78, 5) is 19.9. The van der Waals surface area contributed by atoms with Crippen molar-refractivity contribution in [3.63, 3.8) is 0 Å². The molecule has 2 rings (SSSR count). The van der Waals surface area contributed by atoms with Crippen LogP contribution in [0.4, 0.5) is 0 Å².